The molecule has 0 aliphatic carbocycles. The van der Waals surface area contributed by atoms with Crippen molar-refractivity contribution in [1.82, 2.24) is 4.90 Å². The van der Waals surface area contributed by atoms with Crippen LogP contribution in [0, 0.1) is 26.7 Å². The maximum Gasteiger partial charge on any atom is 0.307 e. The number of carbonyl (C=O) groups excluding carboxylic acids is 1. The van der Waals surface area contributed by atoms with E-state index in [2.05, 4.69) is 5.32 Å². The topological polar surface area (TPSA) is 69.6 Å². The molecule has 0 radical (unpaired) electrons. The maximum atomic E-state index is 12.1. The molecule has 0 heterocycles. The largest absolute Gasteiger partial charge is 0.481 e. The molecule has 1 aromatic carbocycles. The zero-order valence-electron chi connectivity index (χ0n) is 13.4. The Morgan fingerprint density at radius 3 is 2.24 bits per heavy atom. The van der Waals surface area contributed by atoms with Crippen LogP contribution < -0.4 is 5.32 Å². The van der Waals surface area contributed by atoms with Crippen molar-refractivity contribution in [3.63, 3.8) is 0 Å². The molecular weight excluding hydrogens is 268 g/mol. The summed E-state index contributed by atoms with van der Waals surface area (Å²) in [5, 5.41) is 11.8. The van der Waals surface area contributed by atoms with Gasteiger partial charge >= 0.3 is 5.97 Å². The second kappa shape index (κ2) is 7.22. The predicted octanol–water partition coefficient (Wildman–Crippen LogP) is 2.20. The van der Waals surface area contributed by atoms with Crippen LogP contribution >= 0.6 is 0 Å². The van der Waals surface area contributed by atoms with E-state index in [-0.39, 0.29) is 12.5 Å². The van der Waals surface area contributed by atoms with Gasteiger partial charge in [-0.05, 0) is 38.9 Å². The zero-order valence-corrected chi connectivity index (χ0v) is 13.4. The fourth-order valence-electron chi connectivity index (χ4n) is 2.41. The number of anilines is 1. The van der Waals surface area contributed by atoms with Gasteiger partial charge in [0.15, 0.2) is 0 Å². The number of benzene rings is 1. The first kappa shape index (κ1) is 17.2. The maximum absolute atomic E-state index is 12.1. The van der Waals surface area contributed by atoms with Gasteiger partial charge in [-0.15, -0.1) is 0 Å². The molecule has 0 aliphatic heterocycles. The lowest BCUT2D eigenvalue weighted by molar-refractivity contribution is -0.141. The number of carboxylic acid groups (broad SMARTS) is 1. The van der Waals surface area contributed by atoms with E-state index in [0.717, 1.165) is 22.4 Å². The van der Waals surface area contributed by atoms with Crippen LogP contribution in [0.25, 0.3) is 0 Å². The molecule has 0 saturated carbocycles. The van der Waals surface area contributed by atoms with E-state index in [1.165, 1.54) is 0 Å². The summed E-state index contributed by atoms with van der Waals surface area (Å²) in [6.07, 6.45) is 0. The molecule has 5 heteroatoms. The SMILES string of the molecule is Cc1cc(C)c(NC(=O)CN(C)CC(C)C(=O)O)c(C)c1. The number of carbonyl (C=O) groups is 2. The molecule has 0 bridgehead atoms. The van der Waals surface area contributed by atoms with Crippen molar-refractivity contribution in [3.8, 4) is 0 Å². The first-order valence-electron chi connectivity index (χ1n) is 6.99. The van der Waals surface area contributed by atoms with Crippen molar-refractivity contribution in [2.75, 3.05) is 25.5 Å². The fourth-order valence-corrected chi connectivity index (χ4v) is 2.41. The minimum absolute atomic E-state index is 0.134. The number of likely N-dealkylation sites (N-methyl/N-ethyl adjacent to an activating group) is 1. The summed E-state index contributed by atoms with van der Waals surface area (Å²) < 4.78 is 0. The summed E-state index contributed by atoms with van der Waals surface area (Å²) >= 11 is 0. The summed E-state index contributed by atoms with van der Waals surface area (Å²) in [6.45, 7) is 8.09. The Bertz CT molecular complexity index is 517. The standard InChI is InChI=1S/C16H24N2O3/c1-10-6-11(2)15(12(3)7-10)17-14(19)9-18(5)8-13(4)16(20)21/h6-7,13H,8-9H2,1-5H3,(H,17,19)(H,20,21). The van der Waals surface area contributed by atoms with Gasteiger partial charge in [-0.25, -0.2) is 0 Å². The first-order chi connectivity index (χ1) is 9.70. The van der Waals surface area contributed by atoms with Crippen LogP contribution in [0.3, 0.4) is 0 Å². The van der Waals surface area contributed by atoms with E-state index in [1.54, 1.807) is 18.9 Å². The van der Waals surface area contributed by atoms with Crippen molar-refractivity contribution in [1.29, 1.82) is 0 Å². The van der Waals surface area contributed by atoms with E-state index in [9.17, 15) is 9.59 Å². The highest BCUT2D eigenvalue weighted by molar-refractivity contribution is 5.93. The molecule has 0 fully saturated rings. The molecule has 21 heavy (non-hydrogen) atoms. The molecule has 1 atom stereocenters. The van der Waals surface area contributed by atoms with Crippen molar-refractivity contribution in [3.05, 3.63) is 28.8 Å². The Balaban J connectivity index is 2.64. The lowest BCUT2D eigenvalue weighted by Gasteiger charge is -2.19. The van der Waals surface area contributed by atoms with Crippen LogP contribution in [-0.4, -0.2) is 42.0 Å². The molecule has 2 N–H and O–H groups in total. The monoisotopic (exact) mass is 292 g/mol. The molecule has 1 amide bonds. The van der Waals surface area contributed by atoms with Gasteiger partial charge in [0, 0.05) is 12.2 Å². The van der Waals surface area contributed by atoms with Crippen molar-refractivity contribution in [2.24, 2.45) is 5.92 Å². The third kappa shape index (κ3) is 5.19. The van der Waals surface area contributed by atoms with E-state index in [1.807, 2.05) is 32.9 Å². The summed E-state index contributed by atoms with van der Waals surface area (Å²) in [7, 11) is 1.74. The Morgan fingerprint density at radius 2 is 1.76 bits per heavy atom. The Labute approximate surface area is 126 Å². The van der Waals surface area contributed by atoms with Gasteiger partial charge in [0.25, 0.3) is 0 Å². The molecule has 0 saturated heterocycles. The Morgan fingerprint density at radius 1 is 1.24 bits per heavy atom. The number of aryl methyl sites for hydroxylation is 3. The minimum Gasteiger partial charge on any atom is -0.481 e. The first-order valence-corrected chi connectivity index (χ1v) is 6.99. The van der Waals surface area contributed by atoms with E-state index < -0.39 is 11.9 Å². The highest BCUT2D eigenvalue weighted by Gasteiger charge is 2.16. The van der Waals surface area contributed by atoms with Gasteiger partial charge in [0.2, 0.25) is 5.91 Å². The highest BCUT2D eigenvalue weighted by Crippen LogP contribution is 2.21. The summed E-state index contributed by atoms with van der Waals surface area (Å²) in [5.74, 6) is -1.48. The lowest BCUT2D eigenvalue weighted by atomic mass is 10.1. The fraction of sp³-hybridized carbons (Fsp3) is 0.500. The number of carboxylic acids is 1. The molecule has 0 aliphatic rings. The van der Waals surface area contributed by atoms with E-state index >= 15 is 0 Å². The molecular formula is C16H24N2O3. The molecule has 0 spiro atoms. The van der Waals surface area contributed by atoms with Crippen LogP contribution in [0.4, 0.5) is 5.69 Å². The van der Waals surface area contributed by atoms with Gasteiger partial charge in [-0.3, -0.25) is 14.5 Å². The number of rotatable bonds is 6. The Hall–Kier alpha value is -1.88. The van der Waals surface area contributed by atoms with Crippen LogP contribution in [0.5, 0.6) is 0 Å². The van der Waals surface area contributed by atoms with Crippen LogP contribution in [-0.2, 0) is 9.59 Å². The highest BCUT2D eigenvalue weighted by atomic mass is 16.4. The summed E-state index contributed by atoms with van der Waals surface area (Å²) in [4.78, 5) is 24.6. The second-order valence-electron chi connectivity index (χ2n) is 5.76. The van der Waals surface area contributed by atoms with Gasteiger partial charge in [0.1, 0.15) is 0 Å². The second-order valence-corrected chi connectivity index (χ2v) is 5.76. The van der Waals surface area contributed by atoms with Crippen LogP contribution in [0.15, 0.2) is 12.1 Å². The van der Waals surface area contributed by atoms with Crippen molar-refractivity contribution in [2.45, 2.75) is 27.7 Å². The van der Waals surface area contributed by atoms with Crippen LogP contribution in [0.2, 0.25) is 0 Å². The molecule has 0 aromatic heterocycles. The number of amides is 1. The quantitative estimate of drug-likeness (QED) is 0.843. The smallest absolute Gasteiger partial charge is 0.307 e. The number of aliphatic carboxylic acids is 1. The zero-order chi connectivity index (χ0) is 16.2. The van der Waals surface area contributed by atoms with Gasteiger partial charge in [0.05, 0.1) is 12.5 Å². The molecule has 5 nitrogen and oxygen atoms in total. The summed E-state index contributed by atoms with van der Waals surface area (Å²) in [6, 6.07) is 4.05. The summed E-state index contributed by atoms with van der Waals surface area (Å²) in [5.41, 5.74) is 4.06. The normalized spacial score (nSPS) is 12.3. The average Bonchev–Trinajstić information content (AvgIpc) is 2.33. The number of nitrogens with zero attached hydrogens (tertiary/aromatic N) is 1. The molecule has 1 unspecified atom stereocenters. The molecule has 1 aromatic rings. The lowest BCUT2D eigenvalue weighted by Crippen LogP contribution is -2.35. The number of nitrogens with one attached hydrogen (secondary N) is 1. The third-order valence-electron chi connectivity index (χ3n) is 3.36. The predicted molar refractivity (Wildman–Crippen MR) is 83.6 cm³/mol. The average molecular weight is 292 g/mol. The van der Waals surface area contributed by atoms with Crippen molar-refractivity contribution < 1.29 is 14.7 Å². The van der Waals surface area contributed by atoms with Gasteiger partial charge in [-0.1, -0.05) is 24.6 Å². The van der Waals surface area contributed by atoms with E-state index in [4.69, 9.17) is 5.11 Å². The van der Waals surface area contributed by atoms with E-state index in [0.29, 0.717) is 6.54 Å². The number of hydrogen-bond acceptors (Lipinski definition) is 3. The van der Waals surface area contributed by atoms with Gasteiger partial charge < -0.3 is 10.4 Å². The number of hydrogen-bond donors (Lipinski definition) is 2. The van der Waals surface area contributed by atoms with Crippen LogP contribution in [0.1, 0.15) is 23.6 Å². The Kier molecular flexibility index (Phi) is 5.90. The minimum atomic E-state index is -0.854. The third-order valence-corrected chi connectivity index (χ3v) is 3.36. The molecule has 1 rings (SSSR count). The van der Waals surface area contributed by atoms with Gasteiger partial charge in [-0.2, -0.15) is 0 Å². The van der Waals surface area contributed by atoms with Crippen molar-refractivity contribution >= 4 is 17.6 Å². The molecule has 116 valence electrons.